The van der Waals surface area contributed by atoms with Crippen LogP contribution in [0.1, 0.15) is 30.5 Å². The molecule has 0 amide bonds. The van der Waals surface area contributed by atoms with Crippen molar-refractivity contribution in [2.75, 3.05) is 13.2 Å². The maximum absolute atomic E-state index is 14.1. The molecule has 0 fully saturated rings. The summed E-state index contributed by atoms with van der Waals surface area (Å²) < 4.78 is 19.9. The standard InChI is InChI=1S/C18H22FNO/c1-3-11-20-18(13-21-15-7-5-4-6-8-15)16-12-14(2)9-10-17(16)19/h4-10,12,18,20H,3,11,13H2,1-2H3. The predicted octanol–water partition coefficient (Wildman–Crippen LogP) is 4.25. The maximum atomic E-state index is 14.1. The fourth-order valence-electron chi connectivity index (χ4n) is 2.20. The average molecular weight is 287 g/mol. The third kappa shape index (κ3) is 4.57. The minimum absolute atomic E-state index is 0.148. The molecule has 0 aromatic heterocycles. The van der Waals surface area contributed by atoms with Crippen LogP contribution in [0.15, 0.2) is 48.5 Å². The van der Waals surface area contributed by atoms with Crippen molar-refractivity contribution in [3.8, 4) is 5.75 Å². The molecule has 3 heteroatoms. The highest BCUT2D eigenvalue weighted by Gasteiger charge is 2.16. The Kier molecular flexibility index (Phi) is 5.76. The molecule has 2 aromatic rings. The molecule has 21 heavy (non-hydrogen) atoms. The number of hydrogen-bond donors (Lipinski definition) is 1. The zero-order chi connectivity index (χ0) is 15.1. The van der Waals surface area contributed by atoms with Gasteiger partial charge in [0.2, 0.25) is 0 Å². The minimum atomic E-state index is -0.189. The first-order valence-corrected chi connectivity index (χ1v) is 7.38. The van der Waals surface area contributed by atoms with E-state index < -0.39 is 0 Å². The molecule has 1 N–H and O–H groups in total. The van der Waals surface area contributed by atoms with Crippen LogP contribution < -0.4 is 10.1 Å². The van der Waals surface area contributed by atoms with Gasteiger partial charge < -0.3 is 10.1 Å². The van der Waals surface area contributed by atoms with Crippen molar-refractivity contribution in [1.82, 2.24) is 5.32 Å². The number of para-hydroxylation sites is 1. The first-order valence-electron chi connectivity index (χ1n) is 7.38. The summed E-state index contributed by atoms with van der Waals surface area (Å²) in [6.07, 6.45) is 0.995. The minimum Gasteiger partial charge on any atom is -0.492 e. The Balaban J connectivity index is 2.12. The normalized spacial score (nSPS) is 12.1. The van der Waals surface area contributed by atoms with Crippen molar-refractivity contribution in [3.63, 3.8) is 0 Å². The summed E-state index contributed by atoms with van der Waals surface area (Å²) in [6.45, 7) is 5.30. The van der Waals surface area contributed by atoms with E-state index >= 15 is 0 Å². The van der Waals surface area contributed by atoms with Gasteiger partial charge in [-0.15, -0.1) is 0 Å². The Labute approximate surface area is 126 Å². The van der Waals surface area contributed by atoms with Gasteiger partial charge in [0.15, 0.2) is 0 Å². The second kappa shape index (κ2) is 7.79. The Morgan fingerprint density at radius 1 is 1.14 bits per heavy atom. The lowest BCUT2D eigenvalue weighted by Crippen LogP contribution is -2.28. The Hall–Kier alpha value is -1.87. The van der Waals surface area contributed by atoms with Crippen molar-refractivity contribution in [3.05, 3.63) is 65.5 Å². The third-order valence-electron chi connectivity index (χ3n) is 3.33. The molecule has 1 unspecified atom stereocenters. The average Bonchev–Trinajstić information content (AvgIpc) is 2.51. The van der Waals surface area contributed by atoms with Gasteiger partial charge in [0, 0.05) is 5.56 Å². The molecule has 0 spiro atoms. The van der Waals surface area contributed by atoms with Crippen LogP contribution in [-0.2, 0) is 0 Å². The summed E-state index contributed by atoms with van der Waals surface area (Å²) in [5.74, 6) is 0.611. The first-order chi connectivity index (χ1) is 10.2. The number of aryl methyl sites for hydroxylation is 1. The van der Waals surface area contributed by atoms with Gasteiger partial charge in [0.25, 0.3) is 0 Å². The predicted molar refractivity (Wildman–Crippen MR) is 84.1 cm³/mol. The summed E-state index contributed by atoms with van der Waals surface area (Å²) >= 11 is 0. The molecule has 0 saturated carbocycles. The lowest BCUT2D eigenvalue weighted by Gasteiger charge is -2.20. The number of rotatable bonds is 7. The molecule has 112 valence electrons. The van der Waals surface area contributed by atoms with Crippen LogP contribution in [-0.4, -0.2) is 13.2 Å². The van der Waals surface area contributed by atoms with Gasteiger partial charge in [-0.25, -0.2) is 4.39 Å². The molecule has 1 atom stereocenters. The molecule has 0 radical (unpaired) electrons. The summed E-state index contributed by atoms with van der Waals surface area (Å²) in [7, 11) is 0. The van der Waals surface area contributed by atoms with Crippen LogP contribution in [0.4, 0.5) is 4.39 Å². The molecular formula is C18H22FNO. The highest BCUT2D eigenvalue weighted by atomic mass is 19.1. The first kappa shape index (κ1) is 15.5. The van der Waals surface area contributed by atoms with Gasteiger partial charge in [0.05, 0.1) is 6.04 Å². The van der Waals surface area contributed by atoms with Gasteiger partial charge >= 0.3 is 0 Å². The van der Waals surface area contributed by atoms with Crippen molar-refractivity contribution in [2.45, 2.75) is 26.3 Å². The highest BCUT2D eigenvalue weighted by molar-refractivity contribution is 5.27. The van der Waals surface area contributed by atoms with E-state index in [0.29, 0.717) is 12.2 Å². The highest BCUT2D eigenvalue weighted by Crippen LogP contribution is 2.20. The zero-order valence-corrected chi connectivity index (χ0v) is 12.6. The molecule has 0 heterocycles. The summed E-state index contributed by atoms with van der Waals surface area (Å²) in [4.78, 5) is 0. The zero-order valence-electron chi connectivity index (χ0n) is 12.6. The van der Waals surface area contributed by atoms with E-state index in [1.54, 1.807) is 6.07 Å². The van der Waals surface area contributed by atoms with Gasteiger partial charge in [-0.3, -0.25) is 0 Å². The van der Waals surface area contributed by atoms with Crippen LogP contribution in [0.2, 0.25) is 0 Å². The van der Waals surface area contributed by atoms with E-state index in [1.165, 1.54) is 6.07 Å². The van der Waals surface area contributed by atoms with Crippen molar-refractivity contribution in [2.24, 2.45) is 0 Å². The van der Waals surface area contributed by atoms with Crippen LogP contribution in [0.5, 0.6) is 5.75 Å². The SMILES string of the molecule is CCCNC(COc1ccccc1)c1cc(C)ccc1F. The number of benzene rings is 2. The Morgan fingerprint density at radius 3 is 2.62 bits per heavy atom. The van der Waals surface area contributed by atoms with Crippen LogP contribution in [0, 0.1) is 12.7 Å². The topological polar surface area (TPSA) is 21.3 Å². The number of halogens is 1. The number of hydrogen-bond acceptors (Lipinski definition) is 2. The second-order valence-corrected chi connectivity index (χ2v) is 5.16. The molecule has 0 aliphatic rings. The monoisotopic (exact) mass is 287 g/mol. The molecule has 0 aliphatic heterocycles. The van der Waals surface area contributed by atoms with Crippen LogP contribution >= 0.6 is 0 Å². The van der Waals surface area contributed by atoms with Gasteiger partial charge in [0.1, 0.15) is 18.2 Å². The fourth-order valence-corrected chi connectivity index (χ4v) is 2.20. The van der Waals surface area contributed by atoms with Gasteiger partial charge in [-0.1, -0.05) is 42.8 Å². The molecule has 2 rings (SSSR count). The van der Waals surface area contributed by atoms with Crippen LogP contribution in [0.3, 0.4) is 0 Å². The van der Waals surface area contributed by atoms with Crippen molar-refractivity contribution >= 4 is 0 Å². The summed E-state index contributed by atoms with van der Waals surface area (Å²) in [5.41, 5.74) is 1.72. The molecule has 0 saturated heterocycles. The van der Waals surface area contributed by atoms with Crippen molar-refractivity contribution in [1.29, 1.82) is 0 Å². The summed E-state index contributed by atoms with van der Waals surface area (Å²) in [6, 6.07) is 14.7. The maximum Gasteiger partial charge on any atom is 0.128 e. The third-order valence-corrected chi connectivity index (χ3v) is 3.33. The lowest BCUT2D eigenvalue weighted by molar-refractivity contribution is 0.263. The fraction of sp³-hybridized carbons (Fsp3) is 0.333. The molecule has 2 nitrogen and oxygen atoms in total. The number of nitrogens with one attached hydrogen (secondary N) is 1. The smallest absolute Gasteiger partial charge is 0.128 e. The Bertz CT molecular complexity index is 556. The van der Waals surface area contributed by atoms with Crippen molar-refractivity contribution < 1.29 is 9.13 Å². The van der Waals surface area contributed by atoms with E-state index in [9.17, 15) is 4.39 Å². The summed E-state index contributed by atoms with van der Waals surface area (Å²) in [5, 5.41) is 3.36. The van der Waals surface area contributed by atoms with E-state index in [-0.39, 0.29) is 11.9 Å². The lowest BCUT2D eigenvalue weighted by atomic mass is 10.0. The quantitative estimate of drug-likeness (QED) is 0.822. The number of ether oxygens (including phenoxy) is 1. The molecule has 2 aromatic carbocycles. The molecular weight excluding hydrogens is 265 g/mol. The van der Waals surface area contributed by atoms with E-state index in [1.807, 2.05) is 43.3 Å². The van der Waals surface area contributed by atoms with Crippen LogP contribution in [0.25, 0.3) is 0 Å². The largest absolute Gasteiger partial charge is 0.492 e. The van der Waals surface area contributed by atoms with Gasteiger partial charge in [-0.2, -0.15) is 0 Å². The van der Waals surface area contributed by atoms with E-state index in [0.717, 1.165) is 24.3 Å². The van der Waals surface area contributed by atoms with Gasteiger partial charge in [-0.05, 0) is 38.1 Å². The van der Waals surface area contributed by atoms with E-state index in [2.05, 4.69) is 12.2 Å². The van der Waals surface area contributed by atoms with E-state index in [4.69, 9.17) is 4.74 Å². The Morgan fingerprint density at radius 2 is 1.90 bits per heavy atom. The second-order valence-electron chi connectivity index (χ2n) is 5.16. The molecule has 0 aliphatic carbocycles. The molecule has 0 bridgehead atoms.